The van der Waals surface area contributed by atoms with Crippen LogP contribution in [-0.4, -0.2) is 37.0 Å². The van der Waals surface area contributed by atoms with E-state index in [2.05, 4.69) is 5.32 Å². The lowest BCUT2D eigenvalue weighted by atomic mass is 10.1. The second kappa shape index (κ2) is 9.85. The largest absolute Gasteiger partial charge is 0.405 e. The Kier molecular flexibility index (Phi) is 7.15. The number of hydrogen-bond donors (Lipinski definition) is 2. The van der Waals surface area contributed by atoms with Crippen molar-refractivity contribution in [3.63, 3.8) is 0 Å². The number of alkyl halides is 3. The minimum atomic E-state index is -4.61. The number of nitrogens with one attached hydrogen (secondary N) is 2. The van der Waals surface area contributed by atoms with E-state index in [1.165, 1.54) is 19.1 Å². The van der Waals surface area contributed by atoms with Crippen LogP contribution in [0.1, 0.15) is 34.3 Å². The maximum absolute atomic E-state index is 14.2. The van der Waals surface area contributed by atoms with Gasteiger partial charge in [0.15, 0.2) is 0 Å². The second-order valence-electron chi connectivity index (χ2n) is 7.49. The standard InChI is InChI=1S/C23H21F4N3O3/c1-14-18(24)11-16(22(33)28-13-23(25,26)27)12-19(14)29-20(31)9-6-15-4-7-17(8-5-15)30-10-2-3-21(30)32/h4-9,11-12H,2-3,10,13H2,1H3,(H,28,33)(H,29,31). The molecule has 0 radical (unpaired) electrons. The number of halogens is 4. The molecule has 0 unspecified atom stereocenters. The van der Waals surface area contributed by atoms with Gasteiger partial charge in [-0.25, -0.2) is 4.39 Å². The molecule has 1 aliphatic rings. The second-order valence-corrected chi connectivity index (χ2v) is 7.49. The van der Waals surface area contributed by atoms with Gasteiger partial charge in [0, 0.05) is 41.5 Å². The summed E-state index contributed by atoms with van der Waals surface area (Å²) in [5.41, 5.74) is 1.09. The number of carbonyl (C=O) groups is 3. The first-order valence-corrected chi connectivity index (χ1v) is 10.1. The summed E-state index contributed by atoms with van der Waals surface area (Å²) in [6, 6.07) is 8.92. The molecule has 0 saturated carbocycles. The maximum atomic E-state index is 14.2. The molecule has 10 heteroatoms. The zero-order valence-corrected chi connectivity index (χ0v) is 17.6. The van der Waals surface area contributed by atoms with Crippen molar-refractivity contribution in [1.29, 1.82) is 0 Å². The van der Waals surface area contributed by atoms with Crippen LogP contribution in [0.4, 0.5) is 28.9 Å². The van der Waals surface area contributed by atoms with Crippen LogP contribution in [0.25, 0.3) is 6.08 Å². The quantitative estimate of drug-likeness (QED) is 0.498. The highest BCUT2D eigenvalue weighted by molar-refractivity contribution is 6.03. The van der Waals surface area contributed by atoms with Crippen molar-refractivity contribution >= 4 is 35.2 Å². The molecule has 0 bridgehead atoms. The van der Waals surface area contributed by atoms with Gasteiger partial charge >= 0.3 is 6.18 Å². The summed E-state index contributed by atoms with van der Waals surface area (Å²) < 4.78 is 51.1. The van der Waals surface area contributed by atoms with Crippen molar-refractivity contribution in [2.24, 2.45) is 0 Å². The Hall–Kier alpha value is -3.69. The van der Waals surface area contributed by atoms with Crippen molar-refractivity contribution in [3.05, 3.63) is 65.0 Å². The minimum absolute atomic E-state index is 0.0313. The van der Waals surface area contributed by atoms with E-state index >= 15 is 0 Å². The summed E-state index contributed by atoms with van der Waals surface area (Å²) in [7, 11) is 0. The third kappa shape index (κ3) is 6.41. The lowest BCUT2D eigenvalue weighted by Gasteiger charge is -2.15. The van der Waals surface area contributed by atoms with Crippen molar-refractivity contribution in [2.75, 3.05) is 23.3 Å². The highest BCUT2D eigenvalue weighted by atomic mass is 19.4. The highest BCUT2D eigenvalue weighted by Gasteiger charge is 2.28. The molecule has 0 aromatic heterocycles. The summed E-state index contributed by atoms with van der Waals surface area (Å²) in [6.07, 6.45) is -0.567. The normalized spacial score (nSPS) is 14.1. The van der Waals surface area contributed by atoms with E-state index in [9.17, 15) is 31.9 Å². The van der Waals surface area contributed by atoms with Gasteiger partial charge in [-0.2, -0.15) is 13.2 Å². The van der Waals surface area contributed by atoms with E-state index in [0.717, 1.165) is 24.2 Å². The number of anilines is 2. The molecule has 6 nitrogen and oxygen atoms in total. The Morgan fingerprint density at radius 2 is 1.85 bits per heavy atom. The van der Waals surface area contributed by atoms with Crippen LogP contribution in [0.2, 0.25) is 0 Å². The fraction of sp³-hybridized carbons (Fsp3) is 0.261. The lowest BCUT2D eigenvalue weighted by Crippen LogP contribution is -2.33. The molecular weight excluding hydrogens is 442 g/mol. The molecule has 1 saturated heterocycles. The van der Waals surface area contributed by atoms with E-state index in [4.69, 9.17) is 0 Å². The van der Waals surface area contributed by atoms with Crippen LogP contribution in [0.5, 0.6) is 0 Å². The van der Waals surface area contributed by atoms with Gasteiger partial charge in [0.05, 0.1) is 0 Å². The third-order valence-corrected chi connectivity index (χ3v) is 5.02. The number of hydrogen-bond acceptors (Lipinski definition) is 3. The molecule has 2 aromatic rings. The van der Waals surface area contributed by atoms with Crippen LogP contribution in [0.3, 0.4) is 0 Å². The third-order valence-electron chi connectivity index (χ3n) is 5.02. The fourth-order valence-corrected chi connectivity index (χ4v) is 3.26. The van der Waals surface area contributed by atoms with E-state index in [1.807, 2.05) is 0 Å². The number of amides is 3. The van der Waals surface area contributed by atoms with Gasteiger partial charge in [0.2, 0.25) is 11.8 Å². The van der Waals surface area contributed by atoms with Gasteiger partial charge in [0.1, 0.15) is 12.4 Å². The summed E-state index contributed by atoms with van der Waals surface area (Å²) in [5.74, 6) is -2.52. The Labute approximate surface area is 187 Å². The Morgan fingerprint density at radius 1 is 1.15 bits per heavy atom. The average Bonchev–Trinajstić information content (AvgIpc) is 3.19. The molecule has 2 N–H and O–H groups in total. The monoisotopic (exact) mass is 463 g/mol. The molecule has 0 aliphatic carbocycles. The molecule has 33 heavy (non-hydrogen) atoms. The van der Waals surface area contributed by atoms with Crippen molar-refractivity contribution in [3.8, 4) is 0 Å². The number of carbonyl (C=O) groups excluding carboxylic acids is 3. The predicted molar refractivity (Wildman–Crippen MR) is 115 cm³/mol. The molecule has 0 spiro atoms. The molecular formula is C23H21F4N3O3. The Bertz CT molecular complexity index is 1100. The van der Waals surface area contributed by atoms with Crippen LogP contribution in [0.15, 0.2) is 42.5 Å². The lowest BCUT2D eigenvalue weighted by molar-refractivity contribution is -0.123. The maximum Gasteiger partial charge on any atom is 0.405 e. The van der Waals surface area contributed by atoms with Crippen LogP contribution >= 0.6 is 0 Å². The molecule has 174 valence electrons. The molecule has 3 rings (SSSR count). The molecule has 0 atom stereocenters. The van der Waals surface area contributed by atoms with Crippen LogP contribution in [-0.2, 0) is 9.59 Å². The first kappa shape index (κ1) is 24.0. The smallest absolute Gasteiger partial charge is 0.343 e. The van der Waals surface area contributed by atoms with Crippen LogP contribution < -0.4 is 15.5 Å². The zero-order valence-electron chi connectivity index (χ0n) is 17.6. The molecule has 3 amide bonds. The van der Waals surface area contributed by atoms with Crippen molar-refractivity contribution in [2.45, 2.75) is 25.9 Å². The number of nitrogens with zero attached hydrogens (tertiary/aromatic N) is 1. The van der Waals surface area contributed by atoms with Crippen molar-refractivity contribution in [1.82, 2.24) is 5.32 Å². The average molecular weight is 463 g/mol. The molecule has 1 aliphatic heterocycles. The summed E-state index contributed by atoms with van der Waals surface area (Å²) in [5, 5.41) is 4.09. The van der Waals surface area contributed by atoms with Gasteiger partial charge in [-0.3, -0.25) is 14.4 Å². The molecule has 1 heterocycles. The van der Waals surface area contributed by atoms with E-state index in [0.29, 0.717) is 18.5 Å². The number of rotatable bonds is 6. The van der Waals surface area contributed by atoms with Gasteiger partial charge in [-0.15, -0.1) is 0 Å². The predicted octanol–water partition coefficient (Wildman–Crippen LogP) is 4.20. The topological polar surface area (TPSA) is 78.5 Å². The Morgan fingerprint density at radius 3 is 2.45 bits per heavy atom. The van der Waals surface area contributed by atoms with Crippen molar-refractivity contribution < 1.29 is 31.9 Å². The van der Waals surface area contributed by atoms with Gasteiger partial charge in [-0.05, 0) is 49.2 Å². The number of benzene rings is 2. The van der Waals surface area contributed by atoms with Gasteiger partial charge < -0.3 is 15.5 Å². The minimum Gasteiger partial charge on any atom is -0.343 e. The Balaban J connectivity index is 1.67. The molecule has 2 aromatic carbocycles. The summed E-state index contributed by atoms with van der Waals surface area (Å²) >= 11 is 0. The molecule has 1 fully saturated rings. The first-order valence-electron chi connectivity index (χ1n) is 10.1. The van der Waals surface area contributed by atoms with Gasteiger partial charge in [0.25, 0.3) is 5.91 Å². The zero-order chi connectivity index (χ0) is 24.2. The summed E-state index contributed by atoms with van der Waals surface area (Å²) in [6.45, 7) is 0.473. The first-order chi connectivity index (χ1) is 15.5. The highest BCUT2D eigenvalue weighted by Crippen LogP contribution is 2.23. The SMILES string of the molecule is Cc1c(F)cc(C(=O)NCC(F)(F)F)cc1NC(=O)C=Cc1ccc(N2CCCC2=O)cc1. The summed E-state index contributed by atoms with van der Waals surface area (Å²) in [4.78, 5) is 37.7. The van der Waals surface area contributed by atoms with E-state index in [-0.39, 0.29) is 22.7 Å². The van der Waals surface area contributed by atoms with Gasteiger partial charge in [-0.1, -0.05) is 12.1 Å². The fourth-order valence-electron chi connectivity index (χ4n) is 3.26. The van der Waals surface area contributed by atoms with E-state index in [1.54, 1.807) is 34.5 Å². The van der Waals surface area contributed by atoms with E-state index < -0.39 is 30.4 Å². The van der Waals surface area contributed by atoms with Crippen LogP contribution in [0, 0.1) is 12.7 Å².